The Hall–Kier alpha value is -2.73. The number of halogens is 1. The van der Waals surface area contributed by atoms with Crippen molar-refractivity contribution in [1.29, 1.82) is 0 Å². The molecule has 1 aromatic heterocycles. The molecule has 124 valence electrons. The fourth-order valence-corrected chi connectivity index (χ4v) is 2.01. The van der Waals surface area contributed by atoms with Crippen LogP contribution in [0.5, 0.6) is 0 Å². The Balaban J connectivity index is 1.79. The summed E-state index contributed by atoms with van der Waals surface area (Å²) >= 11 is 5.79. The van der Waals surface area contributed by atoms with Gasteiger partial charge in [-0.3, -0.25) is 9.59 Å². The van der Waals surface area contributed by atoms with Gasteiger partial charge in [0.05, 0.1) is 12.8 Å². The molecule has 1 aromatic carbocycles. The Morgan fingerprint density at radius 1 is 1.12 bits per heavy atom. The summed E-state index contributed by atoms with van der Waals surface area (Å²) in [6, 6.07) is 12.2. The van der Waals surface area contributed by atoms with Crippen LogP contribution in [-0.4, -0.2) is 22.5 Å². The second kappa shape index (κ2) is 8.79. The van der Waals surface area contributed by atoms with Gasteiger partial charge in [0.15, 0.2) is 0 Å². The Kier molecular flexibility index (Phi) is 6.45. The van der Waals surface area contributed by atoms with E-state index in [9.17, 15) is 9.59 Å². The summed E-state index contributed by atoms with van der Waals surface area (Å²) < 4.78 is 0. The molecule has 0 fully saturated rings. The lowest BCUT2D eigenvalue weighted by atomic mass is 10.1. The Morgan fingerprint density at radius 2 is 1.88 bits per heavy atom. The summed E-state index contributed by atoms with van der Waals surface area (Å²) in [5.74, 6) is -0.0363. The van der Waals surface area contributed by atoms with Gasteiger partial charge in [0.25, 0.3) is 0 Å². The number of benzene rings is 1. The first-order valence-electron chi connectivity index (χ1n) is 7.30. The Bertz CT molecular complexity index is 730. The number of hydrazone groups is 1. The molecule has 0 bridgehead atoms. The van der Waals surface area contributed by atoms with Gasteiger partial charge in [0.1, 0.15) is 5.82 Å². The average Bonchev–Trinajstić information content (AvgIpc) is 2.56. The van der Waals surface area contributed by atoms with Crippen LogP contribution in [0.15, 0.2) is 53.8 Å². The van der Waals surface area contributed by atoms with Crippen molar-refractivity contribution >= 4 is 34.9 Å². The zero-order chi connectivity index (χ0) is 17.4. The van der Waals surface area contributed by atoms with Crippen LogP contribution in [0.25, 0.3) is 0 Å². The van der Waals surface area contributed by atoms with Crippen molar-refractivity contribution < 1.29 is 9.59 Å². The number of rotatable bonds is 6. The molecule has 24 heavy (non-hydrogen) atoms. The fourth-order valence-electron chi connectivity index (χ4n) is 1.88. The van der Waals surface area contributed by atoms with Gasteiger partial charge in [-0.2, -0.15) is 5.10 Å². The van der Waals surface area contributed by atoms with Crippen LogP contribution in [0.4, 0.5) is 5.82 Å². The third-order valence-corrected chi connectivity index (χ3v) is 3.25. The van der Waals surface area contributed by atoms with Gasteiger partial charge in [-0.15, -0.1) is 0 Å². The van der Waals surface area contributed by atoms with E-state index in [1.54, 1.807) is 55.6 Å². The summed E-state index contributed by atoms with van der Waals surface area (Å²) in [5, 5.41) is 7.20. The topological polar surface area (TPSA) is 83.4 Å². The molecule has 0 aliphatic rings. The molecule has 2 aromatic rings. The number of anilines is 1. The second-order valence-corrected chi connectivity index (χ2v) is 5.56. The monoisotopic (exact) mass is 344 g/mol. The molecular formula is C17H17ClN4O2. The number of carbonyl (C=O) groups excluding carboxylic acids is 2. The highest BCUT2D eigenvalue weighted by Gasteiger charge is 2.06. The quantitative estimate of drug-likeness (QED) is 0.624. The van der Waals surface area contributed by atoms with E-state index < -0.39 is 0 Å². The fraction of sp³-hybridized carbons (Fsp3) is 0.176. The molecule has 2 rings (SSSR count). The lowest BCUT2D eigenvalue weighted by molar-refractivity contribution is -0.120. The molecule has 0 saturated heterocycles. The van der Waals surface area contributed by atoms with Gasteiger partial charge in [-0.1, -0.05) is 29.8 Å². The van der Waals surface area contributed by atoms with Gasteiger partial charge in [-0.25, -0.2) is 10.4 Å². The molecule has 2 amide bonds. The predicted molar refractivity (Wildman–Crippen MR) is 93.9 cm³/mol. The number of amides is 2. The molecule has 0 atom stereocenters. The van der Waals surface area contributed by atoms with Gasteiger partial charge in [-0.05, 0) is 36.8 Å². The van der Waals surface area contributed by atoms with E-state index in [0.29, 0.717) is 16.6 Å². The van der Waals surface area contributed by atoms with Crippen molar-refractivity contribution in [1.82, 2.24) is 10.4 Å². The van der Waals surface area contributed by atoms with Crippen LogP contribution in [-0.2, 0) is 16.0 Å². The summed E-state index contributed by atoms with van der Waals surface area (Å²) in [6.45, 7) is 1.67. The third kappa shape index (κ3) is 6.18. The van der Waals surface area contributed by atoms with E-state index in [1.165, 1.54) is 0 Å². The number of hydrogen-bond donors (Lipinski definition) is 2. The van der Waals surface area contributed by atoms with Crippen molar-refractivity contribution in [2.24, 2.45) is 5.10 Å². The summed E-state index contributed by atoms with van der Waals surface area (Å²) in [4.78, 5) is 27.7. The zero-order valence-electron chi connectivity index (χ0n) is 13.1. The number of aromatic nitrogens is 1. The summed E-state index contributed by atoms with van der Waals surface area (Å²) in [6.07, 6.45) is 1.85. The van der Waals surface area contributed by atoms with Crippen molar-refractivity contribution in [3.8, 4) is 0 Å². The van der Waals surface area contributed by atoms with Crippen molar-refractivity contribution in [2.75, 3.05) is 5.32 Å². The summed E-state index contributed by atoms with van der Waals surface area (Å²) in [7, 11) is 0. The van der Waals surface area contributed by atoms with E-state index in [4.69, 9.17) is 11.6 Å². The van der Waals surface area contributed by atoms with Crippen LogP contribution in [0.2, 0.25) is 5.02 Å². The number of nitrogens with zero attached hydrogens (tertiary/aromatic N) is 2. The number of nitrogens with one attached hydrogen (secondary N) is 2. The molecule has 7 heteroatoms. The molecule has 0 saturated carbocycles. The first kappa shape index (κ1) is 17.6. The summed E-state index contributed by atoms with van der Waals surface area (Å²) in [5.41, 5.74) is 3.76. The second-order valence-electron chi connectivity index (χ2n) is 5.13. The first-order valence-corrected chi connectivity index (χ1v) is 7.68. The third-order valence-electron chi connectivity index (χ3n) is 3.00. The van der Waals surface area contributed by atoms with Crippen LogP contribution in [0, 0.1) is 0 Å². The molecular weight excluding hydrogens is 328 g/mol. The van der Waals surface area contributed by atoms with E-state index in [0.717, 1.165) is 5.56 Å². The minimum atomic E-state index is -0.262. The van der Waals surface area contributed by atoms with Crippen LogP contribution >= 0.6 is 11.6 Å². The first-order chi connectivity index (χ1) is 11.5. The normalized spacial score (nSPS) is 11.0. The van der Waals surface area contributed by atoms with Gasteiger partial charge >= 0.3 is 0 Å². The predicted octanol–water partition coefficient (Wildman–Crippen LogP) is 2.80. The van der Waals surface area contributed by atoms with Crippen LogP contribution in [0.1, 0.15) is 18.9 Å². The maximum Gasteiger partial charge on any atom is 0.244 e. The Morgan fingerprint density at radius 3 is 2.54 bits per heavy atom. The van der Waals surface area contributed by atoms with Gasteiger partial charge in [0.2, 0.25) is 11.8 Å². The lowest BCUT2D eigenvalue weighted by Gasteiger charge is -2.05. The molecule has 1 heterocycles. The van der Waals surface area contributed by atoms with Crippen molar-refractivity contribution in [3.05, 3.63) is 59.2 Å². The van der Waals surface area contributed by atoms with Gasteiger partial charge in [0, 0.05) is 16.9 Å². The molecule has 0 aliphatic heterocycles. The molecule has 0 radical (unpaired) electrons. The smallest absolute Gasteiger partial charge is 0.244 e. The van der Waals surface area contributed by atoms with E-state index in [2.05, 4.69) is 20.8 Å². The maximum absolute atomic E-state index is 11.8. The Labute approximate surface area is 144 Å². The number of hydrogen-bond acceptors (Lipinski definition) is 4. The average molecular weight is 345 g/mol. The molecule has 2 N–H and O–H groups in total. The minimum absolute atomic E-state index is 0.0673. The van der Waals surface area contributed by atoms with Crippen molar-refractivity contribution in [3.63, 3.8) is 0 Å². The van der Waals surface area contributed by atoms with Gasteiger partial charge < -0.3 is 5.32 Å². The van der Waals surface area contributed by atoms with Crippen LogP contribution in [0.3, 0.4) is 0 Å². The highest BCUT2D eigenvalue weighted by atomic mass is 35.5. The van der Waals surface area contributed by atoms with Crippen molar-refractivity contribution in [2.45, 2.75) is 19.8 Å². The van der Waals surface area contributed by atoms with Crippen LogP contribution < -0.4 is 10.7 Å². The van der Waals surface area contributed by atoms with E-state index >= 15 is 0 Å². The SMILES string of the molecule is C/C(CC(=O)Nc1ccccn1)=N/NC(=O)Cc1ccc(Cl)cc1. The molecule has 0 spiro atoms. The molecule has 0 aliphatic carbocycles. The van der Waals surface area contributed by atoms with E-state index in [-0.39, 0.29) is 24.7 Å². The molecule has 6 nitrogen and oxygen atoms in total. The lowest BCUT2D eigenvalue weighted by Crippen LogP contribution is -2.23. The molecule has 0 unspecified atom stereocenters. The zero-order valence-corrected chi connectivity index (χ0v) is 13.9. The highest BCUT2D eigenvalue weighted by molar-refractivity contribution is 6.30. The minimum Gasteiger partial charge on any atom is -0.310 e. The van der Waals surface area contributed by atoms with E-state index in [1.807, 2.05) is 0 Å². The standard InChI is InChI=1S/C17H17ClN4O2/c1-12(10-16(23)20-15-4-2-3-9-19-15)21-22-17(24)11-13-5-7-14(18)8-6-13/h2-9H,10-11H2,1H3,(H,22,24)(H,19,20,23)/b21-12-. The largest absolute Gasteiger partial charge is 0.310 e. The number of pyridine rings is 1. The highest BCUT2D eigenvalue weighted by Crippen LogP contribution is 2.09. The number of carbonyl (C=O) groups is 2. The maximum atomic E-state index is 11.8.